The SMILES string of the molecule is c1ccc2c(c1)ccc1c2c2ccccc2n1-c1ccc2cc3c(cc2c1)c1ccccc1n3-c1ccc2ccc(-c3nc4ccccc4nc3-c3cccc4c3sc3ccccc34)cc2c1. The van der Waals surface area contributed by atoms with E-state index in [9.17, 15) is 0 Å². The molecule has 67 heavy (non-hydrogen) atoms. The van der Waals surface area contributed by atoms with Gasteiger partial charge in [-0.1, -0.05) is 140 Å². The van der Waals surface area contributed by atoms with Crippen molar-refractivity contribution in [1.82, 2.24) is 19.1 Å². The molecule has 0 unspecified atom stereocenters. The molecule has 0 atom stereocenters. The Hall–Kier alpha value is -8.64. The first kappa shape index (κ1) is 36.7. The molecule has 15 rings (SSSR count). The predicted octanol–water partition coefficient (Wildman–Crippen LogP) is 17.0. The van der Waals surface area contributed by atoms with Crippen molar-refractivity contribution in [2.75, 3.05) is 0 Å². The molecule has 0 aliphatic heterocycles. The standard InChI is InChI=1S/C62H36N4S/c1-2-13-45-38(12-1)28-31-56-59(45)49-16-4-9-22-55(49)65(56)43-30-27-39-36-57-51(35-42(39)34-43)46-14-3-8-21-54(46)66(57)44-29-26-37-24-25-40(32-41(37)33-44)60-61(64-53-20-7-6-19-52(53)63-60)50-18-11-17-48-47-15-5-10-23-58(47)67-62(48)50/h1-36H. The van der Waals surface area contributed by atoms with E-state index in [1.165, 1.54) is 90.7 Å². The summed E-state index contributed by atoms with van der Waals surface area (Å²) < 4.78 is 7.37. The smallest absolute Gasteiger partial charge is 0.0987 e. The summed E-state index contributed by atoms with van der Waals surface area (Å²) in [6, 6.07) is 79.7. The highest BCUT2D eigenvalue weighted by atomic mass is 32.1. The van der Waals surface area contributed by atoms with E-state index in [0.717, 1.165) is 50.3 Å². The molecular weight excluding hydrogens is 833 g/mol. The molecule has 4 nitrogen and oxygen atoms in total. The van der Waals surface area contributed by atoms with Gasteiger partial charge in [0, 0.05) is 64.2 Å². The van der Waals surface area contributed by atoms with Crippen LogP contribution in [0.2, 0.25) is 0 Å². The van der Waals surface area contributed by atoms with Gasteiger partial charge in [0.25, 0.3) is 0 Å². The average Bonchev–Trinajstić information content (AvgIpc) is 4.05. The van der Waals surface area contributed by atoms with Crippen molar-refractivity contribution < 1.29 is 0 Å². The molecule has 0 aliphatic rings. The monoisotopic (exact) mass is 868 g/mol. The lowest BCUT2D eigenvalue weighted by Crippen LogP contribution is -1.96. The van der Waals surface area contributed by atoms with E-state index in [-0.39, 0.29) is 0 Å². The van der Waals surface area contributed by atoms with Crippen LogP contribution < -0.4 is 0 Å². The summed E-state index contributed by atoms with van der Waals surface area (Å²) in [6.07, 6.45) is 0. The van der Waals surface area contributed by atoms with Crippen LogP contribution in [0.1, 0.15) is 0 Å². The molecule has 0 fully saturated rings. The van der Waals surface area contributed by atoms with Crippen molar-refractivity contribution in [1.29, 1.82) is 0 Å². The van der Waals surface area contributed by atoms with E-state index >= 15 is 0 Å². The molecule has 0 radical (unpaired) electrons. The Morgan fingerprint density at radius 3 is 1.78 bits per heavy atom. The van der Waals surface area contributed by atoms with Gasteiger partial charge in [0.15, 0.2) is 0 Å². The molecule has 0 saturated carbocycles. The van der Waals surface area contributed by atoms with Crippen LogP contribution in [0.3, 0.4) is 0 Å². The zero-order chi connectivity index (χ0) is 43.7. The van der Waals surface area contributed by atoms with Crippen LogP contribution in [0.5, 0.6) is 0 Å². The number of nitrogens with zero attached hydrogens (tertiary/aromatic N) is 4. The summed E-state index contributed by atoms with van der Waals surface area (Å²) in [5.41, 5.74) is 12.7. The quantitative estimate of drug-likeness (QED) is 0.177. The van der Waals surface area contributed by atoms with E-state index < -0.39 is 0 Å². The van der Waals surface area contributed by atoms with Crippen molar-refractivity contribution in [3.05, 3.63) is 218 Å². The minimum absolute atomic E-state index is 0.881. The summed E-state index contributed by atoms with van der Waals surface area (Å²) in [7, 11) is 0. The average molecular weight is 869 g/mol. The first-order valence-electron chi connectivity index (χ1n) is 22.8. The zero-order valence-electron chi connectivity index (χ0n) is 36.0. The fraction of sp³-hybridized carbons (Fsp3) is 0. The zero-order valence-corrected chi connectivity index (χ0v) is 36.8. The molecule has 0 N–H and O–H groups in total. The van der Waals surface area contributed by atoms with Gasteiger partial charge in [-0.2, -0.15) is 0 Å². The Labute approximate surface area is 387 Å². The maximum atomic E-state index is 5.37. The van der Waals surface area contributed by atoms with Crippen molar-refractivity contribution >= 4 is 118 Å². The molecule has 0 spiro atoms. The number of fused-ring (bicyclic) bond motifs is 14. The predicted molar refractivity (Wildman–Crippen MR) is 284 cm³/mol. The number of hydrogen-bond donors (Lipinski definition) is 0. The summed E-state index contributed by atoms with van der Waals surface area (Å²) in [5, 5.41) is 14.8. The van der Waals surface area contributed by atoms with Crippen molar-refractivity contribution in [2.45, 2.75) is 0 Å². The van der Waals surface area contributed by atoms with E-state index in [4.69, 9.17) is 9.97 Å². The molecule has 4 heterocycles. The van der Waals surface area contributed by atoms with Crippen LogP contribution in [0.4, 0.5) is 0 Å². The minimum Gasteiger partial charge on any atom is -0.309 e. The number of thiophene rings is 1. The molecule has 0 bridgehead atoms. The third kappa shape index (κ3) is 5.40. The van der Waals surface area contributed by atoms with Gasteiger partial charge in [0.05, 0.1) is 44.5 Å². The number of para-hydroxylation sites is 4. The molecular formula is C62H36N4S. The topological polar surface area (TPSA) is 35.6 Å². The molecule has 15 aromatic rings. The Kier molecular flexibility index (Phi) is 7.63. The highest BCUT2D eigenvalue weighted by molar-refractivity contribution is 7.26. The molecule has 0 saturated heterocycles. The Balaban J connectivity index is 0.898. The van der Waals surface area contributed by atoms with Crippen LogP contribution >= 0.6 is 11.3 Å². The highest BCUT2D eigenvalue weighted by Crippen LogP contribution is 2.44. The van der Waals surface area contributed by atoms with Crippen molar-refractivity contribution in [3.8, 4) is 33.9 Å². The van der Waals surface area contributed by atoms with Gasteiger partial charge in [0.2, 0.25) is 0 Å². The van der Waals surface area contributed by atoms with Crippen LogP contribution in [0.15, 0.2) is 218 Å². The van der Waals surface area contributed by atoms with Crippen LogP contribution in [-0.4, -0.2) is 19.1 Å². The fourth-order valence-electron chi connectivity index (χ4n) is 11.0. The van der Waals surface area contributed by atoms with Gasteiger partial charge in [-0.05, 0) is 111 Å². The molecule has 11 aromatic carbocycles. The first-order valence-corrected chi connectivity index (χ1v) is 23.6. The van der Waals surface area contributed by atoms with Gasteiger partial charge in [-0.25, -0.2) is 9.97 Å². The summed E-state index contributed by atoms with van der Waals surface area (Å²) in [4.78, 5) is 10.7. The van der Waals surface area contributed by atoms with Gasteiger partial charge in [-0.15, -0.1) is 11.3 Å². The number of aromatic nitrogens is 4. The number of benzene rings is 11. The molecule has 4 aromatic heterocycles. The fourth-order valence-corrected chi connectivity index (χ4v) is 12.2. The Morgan fingerprint density at radius 2 is 0.940 bits per heavy atom. The first-order chi connectivity index (χ1) is 33.2. The second-order valence-electron chi connectivity index (χ2n) is 17.7. The third-order valence-electron chi connectivity index (χ3n) is 14.0. The Bertz CT molecular complexity index is 4590. The van der Waals surface area contributed by atoms with Gasteiger partial charge in [0.1, 0.15) is 0 Å². The van der Waals surface area contributed by atoms with E-state index in [1.807, 2.05) is 23.5 Å². The van der Waals surface area contributed by atoms with E-state index in [0.29, 0.717) is 0 Å². The molecule has 5 heteroatoms. The van der Waals surface area contributed by atoms with Crippen LogP contribution in [0.25, 0.3) is 141 Å². The normalized spacial score (nSPS) is 12.2. The number of hydrogen-bond acceptors (Lipinski definition) is 3. The molecule has 0 aliphatic carbocycles. The molecule has 310 valence electrons. The maximum absolute atomic E-state index is 5.37. The highest BCUT2D eigenvalue weighted by Gasteiger charge is 2.20. The summed E-state index contributed by atoms with van der Waals surface area (Å²) in [6.45, 7) is 0. The van der Waals surface area contributed by atoms with Gasteiger partial charge in [-0.3, -0.25) is 0 Å². The summed E-state index contributed by atoms with van der Waals surface area (Å²) >= 11 is 1.83. The lowest BCUT2D eigenvalue weighted by Gasteiger charge is -2.13. The lowest BCUT2D eigenvalue weighted by atomic mass is 9.99. The van der Waals surface area contributed by atoms with Crippen molar-refractivity contribution in [2.24, 2.45) is 0 Å². The largest absolute Gasteiger partial charge is 0.309 e. The number of rotatable bonds is 4. The van der Waals surface area contributed by atoms with Crippen LogP contribution in [-0.2, 0) is 0 Å². The van der Waals surface area contributed by atoms with E-state index in [1.54, 1.807) is 0 Å². The van der Waals surface area contributed by atoms with Crippen molar-refractivity contribution in [3.63, 3.8) is 0 Å². The van der Waals surface area contributed by atoms with Gasteiger partial charge >= 0.3 is 0 Å². The van der Waals surface area contributed by atoms with Gasteiger partial charge < -0.3 is 9.13 Å². The Morgan fingerprint density at radius 1 is 0.328 bits per heavy atom. The third-order valence-corrected chi connectivity index (χ3v) is 15.2. The second-order valence-corrected chi connectivity index (χ2v) is 18.8. The van der Waals surface area contributed by atoms with E-state index in [2.05, 4.69) is 215 Å². The van der Waals surface area contributed by atoms with Crippen LogP contribution in [0, 0.1) is 0 Å². The second kappa shape index (κ2) is 13.9. The maximum Gasteiger partial charge on any atom is 0.0987 e. The molecule has 0 amide bonds. The summed E-state index contributed by atoms with van der Waals surface area (Å²) in [5.74, 6) is 0. The lowest BCUT2D eigenvalue weighted by molar-refractivity contribution is 1.18. The minimum atomic E-state index is 0.881.